The molecule has 0 radical (unpaired) electrons. The Kier molecular flexibility index (Phi) is 4.41. The molecule has 0 bridgehead atoms. The second kappa shape index (κ2) is 4.53. The van der Waals surface area contributed by atoms with Gasteiger partial charge >= 0.3 is 26.0 Å². The Morgan fingerprint density at radius 2 is 2.10 bits per heavy atom. The molecule has 0 atom stereocenters. The molecule has 0 amide bonds. The van der Waals surface area contributed by atoms with Crippen molar-refractivity contribution in [3.8, 4) is 0 Å². The Bertz CT molecular complexity index is 182. The molecule has 0 unspecified atom stereocenters. The second-order valence-corrected chi connectivity index (χ2v) is 1.66. The molecule has 1 rings (SSSR count). The summed E-state index contributed by atoms with van der Waals surface area (Å²) in [6, 6.07) is 3.24. The topological polar surface area (TPSA) is 53.4 Å². The van der Waals surface area contributed by atoms with E-state index >= 15 is 0 Å². The summed E-state index contributed by atoms with van der Waals surface area (Å²) in [6.45, 7) is 0. The Labute approximate surface area is 71.4 Å². The van der Waals surface area contributed by atoms with Gasteiger partial charge in [0.15, 0.2) is 0 Å². The summed E-state index contributed by atoms with van der Waals surface area (Å²) in [7, 11) is -1.40. The van der Waals surface area contributed by atoms with Gasteiger partial charge in [0, 0.05) is 17.9 Å². The molecular weight excluding hydrogens is 124 g/mol. The molecule has 10 heavy (non-hydrogen) atoms. The fourth-order valence-electron chi connectivity index (χ4n) is 0.529. The third kappa shape index (κ3) is 2.55. The van der Waals surface area contributed by atoms with Crippen LogP contribution >= 0.6 is 0 Å². The molecule has 5 heteroatoms. The fourth-order valence-corrected chi connectivity index (χ4v) is 0.529. The molecular formula is C5H7BLiNO2. The van der Waals surface area contributed by atoms with Crippen LogP contribution in [0.5, 0.6) is 0 Å². The summed E-state index contributed by atoms with van der Waals surface area (Å²) in [5, 5.41) is 17.1. The van der Waals surface area contributed by atoms with E-state index in [9.17, 15) is 0 Å². The molecule has 1 aromatic heterocycles. The van der Waals surface area contributed by atoms with Gasteiger partial charge in [-0.3, -0.25) is 4.98 Å². The molecule has 0 fully saturated rings. The standard InChI is InChI=1S/C5H6BNO2.Li.H/c8-6(9)5-2-1-3-7-4-5;;/h1-4,8-9H;;. The minimum atomic E-state index is -1.40. The molecule has 2 N–H and O–H groups in total. The van der Waals surface area contributed by atoms with Crippen molar-refractivity contribution in [2.45, 2.75) is 0 Å². The van der Waals surface area contributed by atoms with Gasteiger partial charge in [0.1, 0.15) is 0 Å². The molecule has 0 saturated carbocycles. The first-order valence-corrected chi connectivity index (χ1v) is 2.57. The van der Waals surface area contributed by atoms with E-state index in [1.165, 1.54) is 6.20 Å². The summed E-state index contributed by atoms with van der Waals surface area (Å²) in [5.41, 5.74) is 0.414. The van der Waals surface area contributed by atoms with Crippen molar-refractivity contribution >= 4 is 31.4 Å². The maximum atomic E-state index is 8.54. The van der Waals surface area contributed by atoms with E-state index in [1.54, 1.807) is 18.3 Å². The van der Waals surface area contributed by atoms with Crippen molar-refractivity contribution in [3.63, 3.8) is 0 Å². The van der Waals surface area contributed by atoms with E-state index in [2.05, 4.69) is 4.98 Å². The number of rotatable bonds is 1. The molecule has 0 aromatic carbocycles. The van der Waals surface area contributed by atoms with Gasteiger partial charge in [-0.25, -0.2) is 0 Å². The van der Waals surface area contributed by atoms with Crippen molar-refractivity contribution in [3.05, 3.63) is 24.5 Å². The normalized spacial score (nSPS) is 8.20. The van der Waals surface area contributed by atoms with Gasteiger partial charge in [-0.15, -0.1) is 0 Å². The molecule has 48 valence electrons. The van der Waals surface area contributed by atoms with E-state index in [0.717, 1.165) is 0 Å². The molecule has 1 aromatic rings. The van der Waals surface area contributed by atoms with Crippen molar-refractivity contribution in [1.82, 2.24) is 4.98 Å². The predicted molar refractivity (Wildman–Crippen MR) is 41.2 cm³/mol. The quantitative estimate of drug-likeness (QED) is 0.438. The Balaban J connectivity index is 0.000000810. The van der Waals surface area contributed by atoms with Crippen molar-refractivity contribution in [2.75, 3.05) is 0 Å². The summed E-state index contributed by atoms with van der Waals surface area (Å²) in [6.07, 6.45) is 2.98. The van der Waals surface area contributed by atoms with E-state index in [0.29, 0.717) is 5.46 Å². The Hall–Kier alpha value is -0.268. The Morgan fingerprint density at radius 3 is 2.40 bits per heavy atom. The van der Waals surface area contributed by atoms with E-state index in [4.69, 9.17) is 10.0 Å². The average molecular weight is 131 g/mol. The fraction of sp³-hybridized carbons (Fsp3) is 0. The Morgan fingerprint density at radius 1 is 1.40 bits per heavy atom. The van der Waals surface area contributed by atoms with Gasteiger partial charge < -0.3 is 10.0 Å². The zero-order valence-electron chi connectivity index (χ0n) is 4.73. The number of hydrogen-bond acceptors (Lipinski definition) is 3. The number of nitrogens with zero attached hydrogens (tertiary/aromatic N) is 1. The van der Waals surface area contributed by atoms with Crippen LogP contribution in [0.15, 0.2) is 24.5 Å². The molecule has 0 aliphatic rings. The summed E-state index contributed by atoms with van der Waals surface area (Å²) < 4.78 is 0. The van der Waals surface area contributed by atoms with Crippen LogP contribution in [0.4, 0.5) is 0 Å². The van der Waals surface area contributed by atoms with Crippen molar-refractivity contribution < 1.29 is 10.0 Å². The third-order valence-electron chi connectivity index (χ3n) is 0.983. The van der Waals surface area contributed by atoms with Gasteiger partial charge in [0.25, 0.3) is 0 Å². The first-order valence-electron chi connectivity index (χ1n) is 2.57. The van der Waals surface area contributed by atoms with E-state index in [-0.39, 0.29) is 18.9 Å². The van der Waals surface area contributed by atoms with Crippen LogP contribution in [-0.4, -0.2) is 41.0 Å². The first-order chi connectivity index (χ1) is 4.30. The van der Waals surface area contributed by atoms with Crippen LogP contribution in [0.25, 0.3) is 0 Å². The van der Waals surface area contributed by atoms with Crippen LogP contribution in [-0.2, 0) is 0 Å². The van der Waals surface area contributed by atoms with Gasteiger partial charge in [0.2, 0.25) is 0 Å². The third-order valence-corrected chi connectivity index (χ3v) is 0.983. The monoisotopic (exact) mass is 131 g/mol. The molecule has 0 saturated heterocycles. The molecule has 3 nitrogen and oxygen atoms in total. The zero-order chi connectivity index (χ0) is 6.69. The second-order valence-electron chi connectivity index (χ2n) is 1.66. The maximum absolute atomic E-state index is 8.54. The molecule has 1 heterocycles. The van der Waals surface area contributed by atoms with E-state index in [1.807, 2.05) is 0 Å². The van der Waals surface area contributed by atoms with Crippen LogP contribution in [0.1, 0.15) is 0 Å². The van der Waals surface area contributed by atoms with E-state index < -0.39 is 7.12 Å². The summed E-state index contributed by atoms with van der Waals surface area (Å²) in [5.74, 6) is 0. The minimum absolute atomic E-state index is 0. The van der Waals surface area contributed by atoms with Crippen LogP contribution < -0.4 is 5.46 Å². The molecule has 0 aliphatic carbocycles. The predicted octanol–water partition coefficient (Wildman–Crippen LogP) is -1.89. The van der Waals surface area contributed by atoms with Gasteiger partial charge in [-0.05, 0) is 6.07 Å². The molecule has 0 spiro atoms. The van der Waals surface area contributed by atoms with Crippen molar-refractivity contribution in [2.24, 2.45) is 0 Å². The number of aromatic nitrogens is 1. The van der Waals surface area contributed by atoms with Gasteiger partial charge in [0.05, 0.1) is 0 Å². The average Bonchev–Trinajstić information content (AvgIpc) is 1.90. The SMILES string of the molecule is OB(O)c1cccnc1.[LiH]. The summed E-state index contributed by atoms with van der Waals surface area (Å²) in [4.78, 5) is 3.69. The van der Waals surface area contributed by atoms with Gasteiger partial charge in [-0.2, -0.15) is 0 Å². The van der Waals surface area contributed by atoms with Crippen LogP contribution in [0.2, 0.25) is 0 Å². The first kappa shape index (κ1) is 9.73. The van der Waals surface area contributed by atoms with Gasteiger partial charge in [-0.1, -0.05) is 6.07 Å². The molecule has 0 aliphatic heterocycles. The summed E-state index contributed by atoms with van der Waals surface area (Å²) >= 11 is 0. The van der Waals surface area contributed by atoms with Crippen molar-refractivity contribution in [1.29, 1.82) is 0 Å². The number of hydrogen-bond donors (Lipinski definition) is 2. The van der Waals surface area contributed by atoms with Crippen LogP contribution in [0.3, 0.4) is 0 Å². The van der Waals surface area contributed by atoms with Crippen LogP contribution in [0, 0.1) is 0 Å². The zero-order valence-corrected chi connectivity index (χ0v) is 4.73. The number of pyridine rings is 1.